The number of aryl methyl sites for hydroxylation is 4. The van der Waals surface area contributed by atoms with Crippen LogP contribution in [0.1, 0.15) is 46.5 Å². The van der Waals surface area contributed by atoms with Crippen molar-refractivity contribution in [2.75, 3.05) is 6.54 Å². The molecular weight excluding hydrogens is 358 g/mol. The molecule has 0 radical (unpaired) electrons. The number of carbonyl (C=O) groups excluding carboxylic acids is 1. The minimum atomic E-state index is -0.0470. The van der Waals surface area contributed by atoms with E-state index >= 15 is 0 Å². The van der Waals surface area contributed by atoms with E-state index < -0.39 is 0 Å². The summed E-state index contributed by atoms with van der Waals surface area (Å²) < 4.78 is 4.88. The third kappa shape index (κ3) is 3.65. The first-order valence-corrected chi connectivity index (χ1v) is 8.67. The summed E-state index contributed by atoms with van der Waals surface area (Å²) in [5, 5.41) is 11.8. The van der Waals surface area contributed by atoms with E-state index in [-0.39, 0.29) is 5.91 Å². The number of nitrogens with one attached hydrogen (secondary N) is 1. The molecule has 0 aliphatic rings. The second kappa shape index (κ2) is 7.29. The summed E-state index contributed by atoms with van der Waals surface area (Å²) in [5.74, 6) is -0.0470. The predicted octanol–water partition coefficient (Wildman–Crippen LogP) is 2.92. The number of halogens is 1. The third-order valence-electron chi connectivity index (χ3n) is 4.03. The Kier molecular flexibility index (Phi) is 5.62. The lowest BCUT2D eigenvalue weighted by Crippen LogP contribution is -2.26. The van der Waals surface area contributed by atoms with Crippen molar-refractivity contribution in [3.8, 4) is 0 Å². The Bertz CT molecular complexity index is 717. The molecule has 0 saturated heterocycles. The summed E-state index contributed by atoms with van der Waals surface area (Å²) in [6, 6.07) is 0. The first-order valence-electron chi connectivity index (χ1n) is 7.88. The Labute approximate surface area is 145 Å². The zero-order valence-corrected chi connectivity index (χ0v) is 16.0. The fourth-order valence-corrected chi connectivity index (χ4v) is 3.03. The summed E-state index contributed by atoms with van der Waals surface area (Å²) in [4.78, 5) is 12.4. The molecule has 0 aliphatic carbocycles. The molecular formula is C16H24BrN5O. The highest BCUT2D eigenvalue weighted by Crippen LogP contribution is 2.19. The van der Waals surface area contributed by atoms with Crippen LogP contribution in [-0.2, 0) is 13.1 Å². The maximum atomic E-state index is 12.4. The largest absolute Gasteiger partial charge is 0.352 e. The van der Waals surface area contributed by atoms with Gasteiger partial charge in [0.2, 0.25) is 0 Å². The van der Waals surface area contributed by atoms with Crippen molar-refractivity contribution in [1.82, 2.24) is 24.9 Å². The highest BCUT2D eigenvalue weighted by atomic mass is 79.9. The summed E-state index contributed by atoms with van der Waals surface area (Å²) in [6.07, 6.45) is 0.833. The van der Waals surface area contributed by atoms with Crippen LogP contribution in [0.25, 0.3) is 0 Å². The lowest BCUT2D eigenvalue weighted by molar-refractivity contribution is 0.0951. The number of carbonyl (C=O) groups is 1. The van der Waals surface area contributed by atoms with Gasteiger partial charge in [-0.1, -0.05) is 0 Å². The standard InChI is InChI=1S/C16H24BrN5O/c1-6-21-12(4)14(10(2)19-21)16(23)18-8-7-9-22-13(5)15(17)11(3)20-22/h6-9H2,1-5H3,(H,18,23). The van der Waals surface area contributed by atoms with Crippen LogP contribution < -0.4 is 5.32 Å². The molecule has 1 N–H and O–H groups in total. The summed E-state index contributed by atoms with van der Waals surface area (Å²) in [6.45, 7) is 12.0. The van der Waals surface area contributed by atoms with Crippen molar-refractivity contribution in [1.29, 1.82) is 0 Å². The lowest BCUT2D eigenvalue weighted by Gasteiger charge is -2.07. The molecule has 2 aromatic heterocycles. The van der Waals surface area contributed by atoms with E-state index in [1.807, 2.05) is 44.0 Å². The van der Waals surface area contributed by atoms with Crippen LogP contribution in [0.5, 0.6) is 0 Å². The number of rotatable bonds is 6. The van der Waals surface area contributed by atoms with Crippen molar-refractivity contribution in [3.05, 3.63) is 32.8 Å². The number of nitrogens with zero attached hydrogens (tertiary/aromatic N) is 4. The monoisotopic (exact) mass is 381 g/mol. The molecule has 2 heterocycles. The SMILES string of the molecule is CCn1nc(C)c(C(=O)NCCCn2nc(C)c(Br)c2C)c1C. The normalized spacial score (nSPS) is 11.0. The Morgan fingerprint density at radius 3 is 2.26 bits per heavy atom. The second-order valence-electron chi connectivity index (χ2n) is 5.68. The lowest BCUT2D eigenvalue weighted by atomic mass is 10.2. The topological polar surface area (TPSA) is 64.7 Å². The van der Waals surface area contributed by atoms with Gasteiger partial charge >= 0.3 is 0 Å². The molecule has 7 heteroatoms. The smallest absolute Gasteiger partial charge is 0.255 e. The molecule has 23 heavy (non-hydrogen) atoms. The Balaban J connectivity index is 1.90. The quantitative estimate of drug-likeness (QED) is 0.782. The van der Waals surface area contributed by atoms with E-state index in [2.05, 4.69) is 31.4 Å². The minimum absolute atomic E-state index is 0.0470. The zero-order valence-electron chi connectivity index (χ0n) is 14.4. The first kappa shape index (κ1) is 17.7. The molecule has 0 aromatic carbocycles. The average Bonchev–Trinajstić information content (AvgIpc) is 2.94. The van der Waals surface area contributed by atoms with E-state index in [1.54, 1.807) is 0 Å². The first-order chi connectivity index (χ1) is 10.9. The van der Waals surface area contributed by atoms with Gasteiger partial charge in [-0.05, 0) is 57.0 Å². The maximum Gasteiger partial charge on any atom is 0.255 e. The third-order valence-corrected chi connectivity index (χ3v) is 5.18. The van der Waals surface area contributed by atoms with Gasteiger partial charge in [0, 0.05) is 31.0 Å². The molecule has 0 saturated carbocycles. The second-order valence-corrected chi connectivity index (χ2v) is 6.47. The molecule has 0 atom stereocenters. The molecule has 6 nitrogen and oxygen atoms in total. The van der Waals surface area contributed by atoms with Crippen LogP contribution in [0.2, 0.25) is 0 Å². The number of amides is 1. The van der Waals surface area contributed by atoms with Crippen LogP contribution in [-0.4, -0.2) is 32.0 Å². The number of hydrogen-bond donors (Lipinski definition) is 1. The van der Waals surface area contributed by atoms with Gasteiger partial charge in [0.1, 0.15) is 0 Å². The van der Waals surface area contributed by atoms with E-state index in [1.165, 1.54) is 0 Å². The van der Waals surface area contributed by atoms with Crippen molar-refractivity contribution < 1.29 is 4.79 Å². The van der Waals surface area contributed by atoms with Crippen LogP contribution in [0.3, 0.4) is 0 Å². The number of hydrogen-bond acceptors (Lipinski definition) is 3. The van der Waals surface area contributed by atoms with Gasteiger partial charge < -0.3 is 5.32 Å². The molecule has 1 amide bonds. The number of aromatic nitrogens is 4. The molecule has 2 rings (SSSR count). The molecule has 126 valence electrons. The molecule has 0 spiro atoms. The van der Waals surface area contributed by atoms with Gasteiger partial charge in [0.15, 0.2) is 0 Å². The Hall–Kier alpha value is -1.63. The van der Waals surface area contributed by atoms with Gasteiger partial charge in [0.05, 0.1) is 21.4 Å². The van der Waals surface area contributed by atoms with E-state index in [4.69, 9.17) is 0 Å². The van der Waals surface area contributed by atoms with Gasteiger partial charge in [-0.2, -0.15) is 10.2 Å². The van der Waals surface area contributed by atoms with Gasteiger partial charge in [0.25, 0.3) is 5.91 Å². The molecule has 0 fully saturated rings. The molecule has 0 aliphatic heterocycles. The predicted molar refractivity (Wildman–Crippen MR) is 93.7 cm³/mol. The fraction of sp³-hybridized carbons (Fsp3) is 0.562. The highest BCUT2D eigenvalue weighted by molar-refractivity contribution is 9.10. The minimum Gasteiger partial charge on any atom is -0.352 e. The fourth-order valence-electron chi connectivity index (χ4n) is 2.75. The van der Waals surface area contributed by atoms with E-state index in [0.29, 0.717) is 12.1 Å². The van der Waals surface area contributed by atoms with E-state index in [9.17, 15) is 4.79 Å². The van der Waals surface area contributed by atoms with Crippen molar-refractivity contribution in [2.45, 2.75) is 54.1 Å². The Morgan fingerprint density at radius 1 is 1.09 bits per heavy atom. The molecule has 0 bridgehead atoms. The molecule has 0 unspecified atom stereocenters. The summed E-state index contributed by atoms with van der Waals surface area (Å²) >= 11 is 3.53. The van der Waals surface area contributed by atoms with Crippen LogP contribution in [0, 0.1) is 27.7 Å². The van der Waals surface area contributed by atoms with Crippen molar-refractivity contribution >= 4 is 21.8 Å². The average molecular weight is 382 g/mol. The highest BCUT2D eigenvalue weighted by Gasteiger charge is 2.17. The van der Waals surface area contributed by atoms with Crippen LogP contribution in [0.15, 0.2) is 4.47 Å². The van der Waals surface area contributed by atoms with Crippen molar-refractivity contribution in [2.24, 2.45) is 0 Å². The zero-order chi connectivity index (χ0) is 17.1. The molecule has 2 aromatic rings. The van der Waals surface area contributed by atoms with Crippen molar-refractivity contribution in [3.63, 3.8) is 0 Å². The Morgan fingerprint density at radius 2 is 1.74 bits per heavy atom. The van der Waals surface area contributed by atoms with E-state index in [0.717, 1.165) is 46.8 Å². The van der Waals surface area contributed by atoms with Gasteiger partial charge in [-0.3, -0.25) is 14.2 Å². The van der Waals surface area contributed by atoms with Crippen LogP contribution in [0.4, 0.5) is 0 Å². The summed E-state index contributed by atoms with van der Waals surface area (Å²) in [7, 11) is 0. The van der Waals surface area contributed by atoms with Gasteiger partial charge in [-0.25, -0.2) is 0 Å². The van der Waals surface area contributed by atoms with Crippen LogP contribution >= 0.6 is 15.9 Å². The maximum absolute atomic E-state index is 12.4. The summed E-state index contributed by atoms with van der Waals surface area (Å²) in [5.41, 5.74) is 4.50. The van der Waals surface area contributed by atoms with Gasteiger partial charge in [-0.15, -0.1) is 0 Å².